The van der Waals surface area contributed by atoms with Gasteiger partial charge in [0.1, 0.15) is 17.8 Å². The first kappa shape index (κ1) is 39.0. The third-order valence-corrected chi connectivity index (χ3v) is 10.7. The van der Waals surface area contributed by atoms with E-state index in [0.29, 0.717) is 31.4 Å². The molecule has 1 saturated heterocycles. The Morgan fingerprint density at radius 1 is 1.09 bits per heavy atom. The number of carbonyl (C=O) groups excluding carboxylic acids is 3. The number of likely N-dealkylation sites (N-methyl/N-ethyl adjacent to an activating group) is 1. The average Bonchev–Trinajstić information content (AvgIpc) is 3.44. The summed E-state index contributed by atoms with van der Waals surface area (Å²) in [6, 6.07) is 13.7. The number of hydrogen-bond acceptors (Lipinski definition) is 8. The van der Waals surface area contributed by atoms with Crippen LogP contribution in [-0.4, -0.2) is 75.8 Å². The molecule has 11 heteroatoms. The molecule has 54 heavy (non-hydrogen) atoms. The molecule has 3 atom stereocenters. The molecule has 2 aromatic heterocycles. The molecule has 2 aliphatic rings. The molecule has 6 rings (SSSR count). The van der Waals surface area contributed by atoms with Crippen molar-refractivity contribution in [2.24, 2.45) is 11.3 Å². The highest BCUT2D eigenvalue weighted by molar-refractivity contribution is 5.95. The van der Waals surface area contributed by atoms with Gasteiger partial charge in [-0.25, -0.2) is 5.43 Å². The molecule has 6 bridgehead atoms. The minimum absolute atomic E-state index is 0.0220. The summed E-state index contributed by atoms with van der Waals surface area (Å²) in [5.74, 6) is -0.833. The van der Waals surface area contributed by atoms with Crippen LogP contribution >= 0.6 is 0 Å². The molecule has 1 fully saturated rings. The van der Waals surface area contributed by atoms with Crippen LogP contribution in [0.1, 0.15) is 84.0 Å². The summed E-state index contributed by atoms with van der Waals surface area (Å²) in [6.45, 7) is 15.9. The third kappa shape index (κ3) is 8.03. The van der Waals surface area contributed by atoms with Crippen LogP contribution in [0.15, 0.2) is 54.7 Å². The number of hydrazine groups is 1. The maximum absolute atomic E-state index is 14.3. The van der Waals surface area contributed by atoms with Crippen LogP contribution in [-0.2, 0) is 38.5 Å². The van der Waals surface area contributed by atoms with Crippen molar-refractivity contribution in [3.05, 3.63) is 71.5 Å². The van der Waals surface area contributed by atoms with Crippen molar-refractivity contribution in [1.82, 2.24) is 30.6 Å². The lowest BCUT2D eigenvalue weighted by Crippen LogP contribution is -2.61. The topological polar surface area (TPSA) is 138 Å². The lowest BCUT2D eigenvalue weighted by atomic mass is 9.83. The number of amides is 2. The Labute approximate surface area is 318 Å². The number of phenolic OH excluding ortho intramolecular Hbond substituents is 1. The second kappa shape index (κ2) is 15.9. The molecule has 4 heterocycles. The first-order valence-corrected chi connectivity index (χ1v) is 19.4. The summed E-state index contributed by atoms with van der Waals surface area (Å²) in [5, 5.41) is 19.7. The minimum Gasteiger partial charge on any atom is -0.508 e. The number of esters is 1. The van der Waals surface area contributed by atoms with Gasteiger partial charge in [0.15, 0.2) is 0 Å². The summed E-state index contributed by atoms with van der Waals surface area (Å²) in [6.07, 6.45) is 3.70. The lowest BCUT2D eigenvalue weighted by molar-refractivity contribution is -0.155. The fourth-order valence-electron chi connectivity index (χ4n) is 8.12. The largest absolute Gasteiger partial charge is 0.508 e. The number of ether oxygens (including phenoxy) is 1. The molecule has 4 N–H and O–H groups in total. The molecule has 2 aromatic carbocycles. The van der Waals surface area contributed by atoms with Crippen LogP contribution < -0.4 is 16.1 Å². The fourth-order valence-corrected chi connectivity index (χ4v) is 8.12. The Morgan fingerprint density at radius 3 is 2.57 bits per heavy atom. The van der Waals surface area contributed by atoms with Crippen molar-refractivity contribution in [3.8, 4) is 28.1 Å². The fraction of sp³-hybridized carbons (Fsp3) is 0.488. The number of aryl methyl sites for hydroxylation is 1. The number of nitrogens with one attached hydrogen (secondary N) is 3. The summed E-state index contributed by atoms with van der Waals surface area (Å²) in [7, 11) is 1.72. The van der Waals surface area contributed by atoms with Crippen LogP contribution in [0.2, 0.25) is 0 Å². The summed E-state index contributed by atoms with van der Waals surface area (Å²) in [4.78, 5) is 46.3. The number of pyridine rings is 1. The molecule has 4 aromatic rings. The Hall–Kier alpha value is -4.74. The van der Waals surface area contributed by atoms with E-state index >= 15 is 0 Å². The van der Waals surface area contributed by atoms with Gasteiger partial charge in [0.05, 0.1) is 24.0 Å². The predicted octanol–water partition coefficient (Wildman–Crippen LogP) is 6.11. The molecule has 2 amide bonds. The van der Waals surface area contributed by atoms with Gasteiger partial charge in [-0.05, 0) is 104 Å². The Balaban J connectivity index is 1.54. The standard InChI is InChI=1S/C43H56N6O5/c1-9-48-36-15-14-28-22-32(36)33(39(48)31-12-10-16-45-37(31)25(2)3)23-43(6,7)24-54-42(53)34-13-11-17-49(47-34)41(52)35(46-40(51)38(44-8)26(4)5)20-27-18-29(28)21-30(50)19-27/h10,12,14-16,18-19,21-22,25-26,34-35,38,44,47,50H,9,11,13,17,20,23-24H2,1-8H3,(H,46,51)/t34-,35-,38-/m0/s1. The number of carbonyl (C=O) groups is 3. The molecule has 2 aliphatic heterocycles. The Bertz CT molecular complexity index is 2030. The van der Waals surface area contributed by atoms with Crippen LogP contribution in [0.5, 0.6) is 5.75 Å². The molecule has 0 saturated carbocycles. The first-order valence-electron chi connectivity index (χ1n) is 19.4. The number of nitrogens with zero attached hydrogens (tertiary/aromatic N) is 3. The van der Waals surface area contributed by atoms with Crippen LogP contribution in [0, 0.1) is 11.3 Å². The van der Waals surface area contributed by atoms with E-state index < -0.39 is 29.5 Å². The molecular weight excluding hydrogens is 681 g/mol. The molecule has 0 aliphatic carbocycles. The zero-order valence-corrected chi connectivity index (χ0v) is 33.0. The quantitative estimate of drug-likeness (QED) is 0.167. The van der Waals surface area contributed by atoms with E-state index in [0.717, 1.165) is 51.1 Å². The maximum atomic E-state index is 14.3. The second-order valence-electron chi connectivity index (χ2n) is 16.3. The molecular formula is C43H56N6O5. The Kier molecular flexibility index (Phi) is 11.5. The highest BCUT2D eigenvalue weighted by atomic mass is 16.5. The van der Waals surface area contributed by atoms with Gasteiger partial charge >= 0.3 is 5.97 Å². The highest BCUT2D eigenvalue weighted by Gasteiger charge is 2.36. The van der Waals surface area contributed by atoms with Crippen molar-refractivity contribution < 1.29 is 24.2 Å². The zero-order valence-electron chi connectivity index (χ0n) is 33.0. The van der Waals surface area contributed by atoms with Crippen molar-refractivity contribution in [2.75, 3.05) is 20.2 Å². The molecule has 0 spiro atoms. The van der Waals surface area contributed by atoms with E-state index in [1.165, 1.54) is 5.01 Å². The summed E-state index contributed by atoms with van der Waals surface area (Å²) < 4.78 is 8.41. The first-order chi connectivity index (χ1) is 25.7. The third-order valence-electron chi connectivity index (χ3n) is 10.7. The van der Waals surface area contributed by atoms with Gasteiger partial charge in [-0.2, -0.15) is 0 Å². The van der Waals surface area contributed by atoms with E-state index in [1.807, 2.05) is 32.2 Å². The van der Waals surface area contributed by atoms with E-state index in [2.05, 4.69) is 79.5 Å². The highest BCUT2D eigenvalue weighted by Crippen LogP contribution is 2.42. The van der Waals surface area contributed by atoms with Crippen molar-refractivity contribution in [1.29, 1.82) is 0 Å². The Morgan fingerprint density at radius 2 is 1.87 bits per heavy atom. The minimum atomic E-state index is -0.966. The van der Waals surface area contributed by atoms with Crippen LogP contribution in [0.4, 0.5) is 0 Å². The van der Waals surface area contributed by atoms with Gasteiger partial charge in [0.2, 0.25) is 5.91 Å². The molecule has 11 nitrogen and oxygen atoms in total. The monoisotopic (exact) mass is 736 g/mol. The number of rotatable bonds is 7. The van der Waals surface area contributed by atoms with E-state index in [9.17, 15) is 19.5 Å². The normalized spacial score (nSPS) is 19.9. The van der Waals surface area contributed by atoms with Gasteiger partial charge in [-0.3, -0.25) is 24.4 Å². The lowest BCUT2D eigenvalue weighted by Gasteiger charge is -2.36. The zero-order chi connectivity index (χ0) is 38.9. The smallest absolute Gasteiger partial charge is 0.324 e. The number of benzene rings is 2. The summed E-state index contributed by atoms with van der Waals surface area (Å²) in [5.41, 5.74) is 10.5. The van der Waals surface area contributed by atoms with Crippen LogP contribution in [0.25, 0.3) is 33.3 Å². The number of aromatic hydroxyl groups is 1. The van der Waals surface area contributed by atoms with Crippen molar-refractivity contribution in [3.63, 3.8) is 0 Å². The molecule has 288 valence electrons. The second-order valence-corrected chi connectivity index (χ2v) is 16.3. The number of hydrogen-bond donors (Lipinski definition) is 4. The van der Waals surface area contributed by atoms with Crippen molar-refractivity contribution in [2.45, 2.75) is 105 Å². The van der Waals surface area contributed by atoms with E-state index in [-0.39, 0.29) is 42.4 Å². The van der Waals surface area contributed by atoms with Gasteiger partial charge in [-0.1, -0.05) is 53.7 Å². The number of cyclic esters (lactones) is 1. The molecule has 0 unspecified atom stereocenters. The number of aromatic nitrogens is 2. The summed E-state index contributed by atoms with van der Waals surface area (Å²) >= 11 is 0. The SMILES string of the molecule is CCn1c(-c2cccnc2C(C)C)c2c3cc(ccc31)-c1cc(O)cc(c1)C[C@H](NC(=O)[C@@H](NC)C(C)C)C(=O)N1CCC[C@H](N1)C(=O)OCC(C)(C)C2. The molecule has 0 radical (unpaired) electrons. The van der Waals surface area contributed by atoms with E-state index in [4.69, 9.17) is 9.72 Å². The van der Waals surface area contributed by atoms with Gasteiger partial charge in [0.25, 0.3) is 5.91 Å². The maximum Gasteiger partial charge on any atom is 0.324 e. The predicted molar refractivity (Wildman–Crippen MR) is 212 cm³/mol. The number of phenols is 1. The van der Waals surface area contributed by atoms with Gasteiger partial charge in [0, 0.05) is 47.6 Å². The van der Waals surface area contributed by atoms with E-state index in [1.54, 1.807) is 19.2 Å². The average molecular weight is 737 g/mol. The van der Waals surface area contributed by atoms with Crippen molar-refractivity contribution >= 4 is 28.7 Å². The number of fused-ring (bicyclic) bond motifs is 6. The van der Waals surface area contributed by atoms with Crippen LogP contribution in [0.3, 0.4) is 0 Å². The van der Waals surface area contributed by atoms with Gasteiger partial charge < -0.3 is 25.0 Å². The van der Waals surface area contributed by atoms with Gasteiger partial charge in [-0.15, -0.1) is 0 Å².